The molecule has 0 radical (unpaired) electrons. The summed E-state index contributed by atoms with van der Waals surface area (Å²) in [5.41, 5.74) is 4.62. The fourth-order valence-corrected chi connectivity index (χ4v) is 3.76. The summed E-state index contributed by atoms with van der Waals surface area (Å²) in [6.07, 6.45) is 3.95. The van der Waals surface area contributed by atoms with Crippen LogP contribution in [0.25, 0.3) is 0 Å². The molecular formula is C24H26N2O4. The molecule has 1 fully saturated rings. The van der Waals surface area contributed by atoms with Gasteiger partial charge in [-0.3, -0.25) is 0 Å². The molecule has 6 nitrogen and oxygen atoms in total. The predicted molar refractivity (Wildman–Crippen MR) is 112 cm³/mol. The third kappa shape index (κ3) is 5.02. The van der Waals surface area contributed by atoms with Crippen molar-refractivity contribution in [1.82, 2.24) is 9.97 Å². The van der Waals surface area contributed by atoms with Crippen LogP contribution in [0.2, 0.25) is 0 Å². The van der Waals surface area contributed by atoms with Crippen LogP contribution in [0.1, 0.15) is 41.2 Å². The van der Waals surface area contributed by atoms with Crippen molar-refractivity contribution >= 4 is 0 Å². The smallest absolute Gasteiger partial charge is 0.222 e. The molecule has 0 saturated carbocycles. The molecule has 2 N–H and O–H groups in total. The van der Waals surface area contributed by atoms with Crippen molar-refractivity contribution in [1.29, 1.82) is 0 Å². The summed E-state index contributed by atoms with van der Waals surface area (Å²) in [5.74, 6) is 1.24. The van der Waals surface area contributed by atoms with E-state index in [0.717, 1.165) is 17.7 Å². The van der Waals surface area contributed by atoms with E-state index in [1.54, 1.807) is 12.3 Å². The highest BCUT2D eigenvalue weighted by atomic mass is 16.5. The van der Waals surface area contributed by atoms with Gasteiger partial charge in [0.15, 0.2) is 0 Å². The highest BCUT2D eigenvalue weighted by Crippen LogP contribution is 2.33. The summed E-state index contributed by atoms with van der Waals surface area (Å²) in [5, 5.41) is 19.6. The molecule has 1 aromatic heterocycles. The Labute approximate surface area is 176 Å². The molecule has 0 bridgehead atoms. The van der Waals surface area contributed by atoms with E-state index < -0.39 is 6.10 Å². The fourth-order valence-electron chi connectivity index (χ4n) is 3.76. The van der Waals surface area contributed by atoms with Crippen LogP contribution in [0.4, 0.5) is 0 Å². The Morgan fingerprint density at radius 2 is 1.93 bits per heavy atom. The monoisotopic (exact) mass is 406 g/mol. The zero-order valence-electron chi connectivity index (χ0n) is 16.9. The van der Waals surface area contributed by atoms with Crippen molar-refractivity contribution in [3.8, 4) is 11.6 Å². The zero-order valence-corrected chi connectivity index (χ0v) is 16.9. The van der Waals surface area contributed by atoms with Crippen molar-refractivity contribution in [3.63, 3.8) is 0 Å². The zero-order chi connectivity index (χ0) is 20.9. The molecule has 0 spiro atoms. The van der Waals surface area contributed by atoms with Crippen molar-refractivity contribution in [2.24, 2.45) is 0 Å². The first kappa shape index (κ1) is 20.5. The van der Waals surface area contributed by atoms with Crippen LogP contribution >= 0.6 is 0 Å². The molecule has 1 saturated heterocycles. The topological polar surface area (TPSA) is 84.7 Å². The minimum absolute atomic E-state index is 0.0737. The predicted octanol–water partition coefficient (Wildman–Crippen LogP) is 3.74. The summed E-state index contributed by atoms with van der Waals surface area (Å²) in [4.78, 5) is 7.95. The standard InChI is InChI=1S/C24H26N2O4/c1-16-2-5-18(23-13-20(28)12-22(14-27)29-23)11-19(16)10-17-3-6-21(7-4-17)30-24-8-9-25-15-26-24/h2-9,11,15,20,22-23,27-28H,10,12-14H2,1H3/t20-,22-,23+/m0/s1. The summed E-state index contributed by atoms with van der Waals surface area (Å²) in [6, 6.07) is 16.0. The third-order valence-electron chi connectivity index (χ3n) is 5.42. The maximum atomic E-state index is 10.1. The van der Waals surface area contributed by atoms with E-state index in [9.17, 15) is 10.2 Å². The molecule has 2 aromatic carbocycles. The average Bonchev–Trinajstić information content (AvgIpc) is 2.77. The number of nitrogens with zero attached hydrogens (tertiary/aromatic N) is 2. The van der Waals surface area contributed by atoms with E-state index in [2.05, 4.69) is 35.1 Å². The van der Waals surface area contributed by atoms with E-state index >= 15 is 0 Å². The molecule has 0 amide bonds. The number of hydrogen-bond acceptors (Lipinski definition) is 6. The number of rotatable bonds is 6. The molecule has 30 heavy (non-hydrogen) atoms. The lowest BCUT2D eigenvalue weighted by Gasteiger charge is -2.32. The van der Waals surface area contributed by atoms with Gasteiger partial charge in [-0.2, -0.15) is 0 Å². The molecule has 6 heteroatoms. The number of ether oxygens (including phenoxy) is 2. The van der Waals surface area contributed by atoms with Gasteiger partial charge in [-0.1, -0.05) is 30.3 Å². The Bertz CT molecular complexity index is 963. The number of aliphatic hydroxyl groups excluding tert-OH is 2. The van der Waals surface area contributed by atoms with Gasteiger partial charge in [0.1, 0.15) is 12.1 Å². The third-order valence-corrected chi connectivity index (χ3v) is 5.42. The molecule has 3 aromatic rings. The minimum Gasteiger partial charge on any atom is -0.439 e. The van der Waals surface area contributed by atoms with Gasteiger partial charge >= 0.3 is 0 Å². The van der Waals surface area contributed by atoms with Crippen LogP contribution in [0.15, 0.2) is 61.1 Å². The number of hydrogen-bond donors (Lipinski definition) is 2. The fraction of sp³-hybridized carbons (Fsp3) is 0.333. The Hall–Kier alpha value is -2.80. The lowest BCUT2D eigenvalue weighted by Crippen LogP contribution is -2.33. The average molecular weight is 406 g/mol. The van der Waals surface area contributed by atoms with Gasteiger partial charge in [0.2, 0.25) is 5.88 Å². The molecule has 3 atom stereocenters. The molecule has 0 unspecified atom stereocenters. The summed E-state index contributed by atoms with van der Waals surface area (Å²) in [6.45, 7) is 2.02. The van der Waals surface area contributed by atoms with Crippen molar-refractivity contribution in [2.45, 2.75) is 44.5 Å². The van der Waals surface area contributed by atoms with Crippen LogP contribution in [0, 0.1) is 6.92 Å². The largest absolute Gasteiger partial charge is 0.439 e. The van der Waals surface area contributed by atoms with Crippen LogP contribution in [-0.4, -0.2) is 39.0 Å². The first-order chi connectivity index (χ1) is 14.6. The lowest BCUT2D eigenvalue weighted by molar-refractivity contribution is -0.113. The van der Waals surface area contributed by atoms with Crippen LogP contribution in [-0.2, 0) is 11.2 Å². The van der Waals surface area contributed by atoms with Gasteiger partial charge in [0.25, 0.3) is 0 Å². The van der Waals surface area contributed by atoms with Crippen molar-refractivity contribution < 1.29 is 19.7 Å². The molecule has 2 heterocycles. The molecule has 1 aliphatic heterocycles. The van der Waals surface area contributed by atoms with Gasteiger partial charge in [0.05, 0.1) is 24.9 Å². The van der Waals surface area contributed by atoms with E-state index in [1.807, 2.05) is 24.3 Å². The SMILES string of the molecule is Cc1ccc([C@H]2C[C@@H](O)C[C@@H](CO)O2)cc1Cc1ccc(Oc2ccncn2)cc1. The van der Waals surface area contributed by atoms with Crippen molar-refractivity contribution in [2.75, 3.05) is 6.61 Å². The second-order valence-corrected chi connectivity index (χ2v) is 7.71. The highest BCUT2D eigenvalue weighted by Gasteiger charge is 2.29. The van der Waals surface area contributed by atoms with E-state index in [-0.39, 0.29) is 18.8 Å². The molecule has 1 aliphatic rings. The maximum absolute atomic E-state index is 10.1. The van der Waals surface area contributed by atoms with Crippen LogP contribution in [0.5, 0.6) is 11.6 Å². The van der Waals surface area contributed by atoms with E-state index in [1.165, 1.54) is 23.0 Å². The second-order valence-electron chi connectivity index (χ2n) is 7.71. The Kier molecular flexibility index (Phi) is 6.38. The van der Waals surface area contributed by atoms with Gasteiger partial charge in [-0.15, -0.1) is 0 Å². The van der Waals surface area contributed by atoms with Crippen molar-refractivity contribution in [3.05, 3.63) is 83.3 Å². The summed E-state index contributed by atoms with van der Waals surface area (Å²) >= 11 is 0. The number of aryl methyl sites for hydroxylation is 1. The molecule has 0 aliphatic carbocycles. The Balaban J connectivity index is 1.47. The van der Waals surface area contributed by atoms with Crippen LogP contribution in [0.3, 0.4) is 0 Å². The summed E-state index contributed by atoms with van der Waals surface area (Å²) in [7, 11) is 0. The highest BCUT2D eigenvalue weighted by molar-refractivity contribution is 5.38. The maximum Gasteiger partial charge on any atom is 0.222 e. The Morgan fingerprint density at radius 1 is 1.10 bits per heavy atom. The van der Waals surface area contributed by atoms with E-state index in [4.69, 9.17) is 9.47 Å². The number of aliphatic hydroxyl groups is 2. The first-order valence-electron chi connectivity index (χ1n) is 10.2. The van der Waals surface area contributed by atoms with Crippen LogP contribution < -0.4 is 4.74 Å². The molecular weight excluding hydrogens is 380 g/mol. The normalized spacial score (nSPS) is 21.4. The molecule has 156 valence electrons. The quantitative estimate of drug-likeness (QED) is 0.649. The lowest BCUT2D eigenvalue weighted by atomic mass is 9.92. The first-order valence-corrected chi connectivity index (χ1v) is 10.2. The molecule has 4 rings (SSSR count). The van der Waals surface area contributed by atoms with Gasteiger partial charge in [-0.25, -0.2) is 9.97 Å². The van der Waals surface area contributed by atoms with Gasteiger partial charge in [-0.05, 0) is 47.7 Å². The number of aromatic nitrogens is 2. The summed E-state index contributed by atoms with van der Waals surface area (Å²) < 4.78 is 11.7. The number of benzene rings is 2. The Morgan fingerprint density at radius 3 is 2.67 bits per heavy atom. The van der Waals surface area contributed by atoms with Gasteiger partial charge in [0, 0.05) is 25.1 Å². The second kappa shape index (κ2) is 9.34. The van der Waals surface area contributed by atoms with Gasteiger partial charge < -0.3 is 19.7 Å². The van der Waals surface area contributed by atoms with E-state index in [0.29, 0.717) is 18.7 Å². The minimum atomic E-state index is -0.451.